The lowest BCUT2D eigenvalue weighted by atomic mass is 9.98. The van der Waals surface area contributed by atoms with Crippen molar-refractivity contribution in [3.05, 3.63) is 59.7 Å². The number of carbonyl (C=O) groups is 2. The van der Waals surface area contributed by atoms with E-state index in [4.69, 9.17) is 23.7 Å². The van der Waals surface area contributed by atoms with Crippen LogP contribution in [-0.2, 0) is 28.5 Å². The molecule has 0 bridgehead atoms. The molecule has 0 radical (unpaired) electrons. The molecule has 202 valence electrons. The second-order valence-corrected chi connectivity index (χ2v) is 9.78. The molecule has 1 aliphatic carbocycles. The Morgan fingerprint density at radius 2 is 1.32 bits per heavy atom. The van der Waals surface area contributed by atoms with Gasteiger partial charge in [0.15, 0.2) is 0 Å². The van der Waals surface area contributed by atoms with Crippen molar-refractivity contribution < 1.29 is 33.3 Å². The van der Waals surface area contributed by atoms with Gasteiger partial charge in [0.05, 0.1) is 39.5 Å². The molecule has 0 saturated heterocycles. The number of benzene rings is 2. The van der Waals surface area contributed by atoms with Crippen molar-refractivity contribution in [1.82, 2.24) is 5.32 Å². The third kappa shape index (κ3) is 9.80. The standard InChI is InChI=1S/C29H39NO7/c1-29(2,3)37-27(31)13-16-34-18-20-35-19-17-33-15-8-14-30-28(32)36-21-26-24-11-6-4-9-22(24)23-10-5-7-12-25(23)26/h4-7,9-12,26H,8,13-21H2,1-3H3,(H,30,32). The van der Waals surface area contributed by atoms with Crippen LogP contribution in [0.3, 0.4) is 0 Å². The third-order valence-corrected chi connectivity index (χ3v) is 5.69. The van der Waals surface area contributed by atoms with Crippen molar-refractivity contribution in [2.45, 2.75) is 45.1 Å². The van der Waals surface area contributed by atoms with Gasteiger partial charge in [0.2, 0.25) is 0 Å². The maximum absolute atomic E-state index is 12.2. The molecule has 0 heterocycles. The van der Waals surface area contributed by atoms with Crippen LogP contribution in [0.4, 0.5) is 4.79 Å². The van der Waals surface area contributed by atoms with Gasteiger partial charge >= 0.3 is 12.1 Å². The molecule has 8 nitrogen and oxygen atoms in total. The Kier molecular flexibility index (Phi) is 11.4. The molecule has 2 aromatic rings. The van der Waals surface area contributed by atoms with Crippen LogP contribution < -0.4 is 5.32 Å². The zero-order valence-corrected chi connectivity index (χ0v) is 22.1. The Morgan fingerprint density at radius 1 is 0.784 bits per heavy atom. The lowest BCUT2D eigenvalue weighted by Crippen LogP contribution is -2.27. The minimum Gasteiger partial charge on any atom is -0.460 e. The summed E-state index contributed by atoms with van der Waals surface area (Å²) in [6, 6.07) is 16.5. The SMILES string of the molecule is CC(C)(C)OC(=O)CCOCCOCCOCCCNC(=O)OCC1c2ccccc2-c2ccccc21. The van der Waals surface area contributed by atoms with Crippen molar-refractivity contribution in [3.8, 4) is 11.1 Å². The fraction of sp³-hybridized carbons (Fsp3) is 0.517. The van der Waals surface area contributed by atoms with Gasteiger partial charge in [-0.3, -0.25) is 4.79 Å². The largest absolute Gasteiger partial charge is 0.460 e. The van der Waals surface area contributed by atoms with Gasteiger partial charge in [-0.2, -0.15) is 0 Å². The highest BCUT2D eigenvalue weighted by molar-refractivity contribution is 5.79. The van der Waals surface area contributed by atoms with E-state index in [0.717, 1.165) is 0 Å². The van der Waals surface area contributed by atoms with Crippen molar-refractivity contribution in [3.63, 3.8) is 0 Å². The van der Waals surface area contributed by atoms with E-state index in [9.17, 15) is 9.59 Å². The minimum atomic E-state index is -0.477. The first-order chi connectivity index (χ1) is 17.8. The predicted molar refractivity (Wildman–Crippen MR) is 141 cm³/mol. The Hall–Kier alpha value is -2.94. The van der Waals surface area contributed by atoms with Gasteiger partial charge < -0.3 is 29.0 Å². The summed E-state index contributed by atoms with van der Waals surface area (Å²) in [4.78, 5) is 23.7. The number of nitrogens with one attached hydrogen (secondary N) is 1. The van der Waals surface area contributed by atoms with Crippen LogP contribution >= 0.6 is 0 Å². The van der Waals surface area contributed by atoms with Crippen molar-refractivity contribution in [1.29, 1.82) is 0 Å². The highest BCUT2D eigenvalue weighted by Crippen LogP contribution is 2.44. The number of carbonyl (C=O) groups excluding carboxylic acids is 2. The minimum absolute atomic E-state index is 0.0526. The first-order valence-electron chi connectivity index (χ1n) is 12.9. The van der Waals surface area contributed by atoms with E-state index >= 15 is 0 Å². The molecular formula is C29H39NO7. The van der Waals surface area contributed by atoms with E-state index in [1.807, 2.05) is 45.0 Å². The molecule has 0 spiro atoms. The third-order valence-electron chi connectivity index (χ3n) is 5.69. The van der Waals surface area contributed by atoms with E-state index in [-0.39, 0.29) is 18.3 Å². The monoisotopic (exact) mass is 513 g/mol. The fourth-order valence-electron chi connectivity index (χ4n) is 4.10. The van der Waals surface area contributed by atoms with E-state index in [2.05, 4.69) is 29.6 Å². The first kappa shape index (κ1) is 28.6. The molecule has 2 aromatic carbocycles. The van der Waals surface area contributed by atoms with Crippen LogP contribution in [0.5, 0.6) is 0 Å². The number of alkyl carbamates (subject to hydrolysis) is 1. The Balaban J connectivity index is 1.16. The molecular weight excluding hydrogens is 474 g/mol. The molecule has 1 amide bonds. The van der Waals surface area contributed by atoms with Crippen LogP contribution in [0, 0.1) is 0 Å². The molecule has 0 aromatic heterocycles. The van der Waals surface area contributed by atoms with Gasteiger partial charge in [0.1, 0.15) is 12.2 Å². The zero-order chi connectivity index (χ0) is 26.5. The van der Waals surface area contributed by atoms with Crippen LogP contribution in [0.15, 0.2) is 48.5 Å². The second kappa shape index (κ2) is 14.7. The lowest BCUT2D eigenvalue weighted by molar-refractivity contribution is -0.156. The summed E-state index contributed by atoms with van der Waals surface area (Å²) in [6.45, 7) is 8.87. The number of ether oxygens (including phenoxy) is 5. The summed E-state index contributed by atoms with van der Waals surface area (Å²) in [5, 5.41) is 2.78. The summed E-state index contributed by atoms with van der Waals surface area (Å²) < 4.78 is 27.1. The second-order valence-electron chi connectivity index (χ2n) is 9.78. The van der Waals surface area contributed by atoms with Crippen molar-refractivity contribution >= 4 is 12.1 Å². The van der Waals surface area contributed by atoms with Crippen LogP contribution in [0.2, 0.25) is 0 Å². The number of amides is 1. The van der Waals surface area contributed by atoms with E-state index in [1.54, 1.807) is 0 Å². The lowest BCUT2D eigenvalue weighted by Gasteiger charge is -2.19. The quantitative estimate of drug-likeness (QED) is 0.273. The molecule has 8 heteroatoms. The van der Waals surface area contributed by atoms with Gasteiger partial charge in [0, 0.05) is 19.1 Å². The van der Waals surface area contributed by atoms with Crippen molar-refractivity contribution in [2.75, 3.05) is 52.8 Å². The first-order valence-corrected chi connectivity index (χ1v) is 12.9. The smallest absolute Gasteiger partial charge is 0.407 e. The zero-order valence-electron chi connectivity index (χ0n) is 22.1. The number of hydrogen-bond donors (Lipinski definition) is 1. The average Bonchev–Trinajstić information content (AvgIpc) is 3.18. The predicted octanol–water partition coefficient (Wildman–Crippen LogP) is 4.70. The van der Waals surface area contributed by atoms with Gasteiger partial charge in [-0.25, -0.2) is 4.79 Å². The average molecular weight is 514 g/mol. The summed E-state index contributed by atoms with van der Waals surface area (Å²) in [5.74, 6) is -0.216. The molecule has 3 rings (SSSR count). The van der Waals surface area contributed by atoms with Gasteiger partial charge in [0.25, 0.3) is 0 Å². The highest BCUT2D eigenvalue weighted by atomic mass is 16.6. The topological polar surface area (TPSA) is 92.3 Å². The van der Waals surface area contributed by atoms with Crippen molar-refractivity contribution in [2.24, 2.45) is 0 Å². The molecule has 1 N–H and O–H groups in total. The number of hydrogen-bond acceptors (Lipinski definition) is 7. The molecule has 0 fully saturated rings. The normalized spacial score (nSPS) is 12.6. The van der Waals surface area contributed by atoms with Crippen LogP contribution in [-0.4, -0.2) is 70.5 Å². The van der Waals surface area contributed by atoms with Gasteiger partial charge in [-0.05, 0) is 49.4 Å². The number of esters is 1. The molecule has 0 aliphatic heterocycles. The molecule has 0 atom stereocenters. The molecule has 0 unspecified atom stereocenters. The van der Waals surface area contributed by atoms with E-state index < -0.39 is 11.7 Å². The summed E-state index contributed by atoms with van der Waals surface area (Å²) in [7, 11) is 0. The number of rotatable bonds is 15. The highest BCUT2D eigenvalue weighted by Gasteiger charge is 2.28. The number of fused-ring (bicyclic) bond motifs is 3. The fourth-order valence-corrected chi connectivity index (χ4v) is 4.10. The summed E-state index contributed by atoms with van der Waals surface area (Å²) in [6.07, 6.45) is 0.486. The Morgan fingerprint density at radius 3 is 1.92 bits per heavy atom. The molecule has 0 saturated carbocycles. The Bertz CT molecular complexity index is 956. The van der Waals surface area contributed by atoms with E-state index in [1.165, 1.54) is 22.3 Å². The summed E-state index contributed by atoms with van der Waals surface area (Å²) >= 11 is 0. The van der Waals surface area contributed by atoms with Crippen LogP contribution in [0.1, 0.15) is 50.7 Å². The van der Waals surface area contributed by atoms with Gasteiger partial charge in [-0.15, -0.1) is 0 Å². The maximum atomic E-state index is 12.2. The van der Waals surface area contributed by atoms with Crippen LogP contribution in [0.25, 0.3) is 11.1 Å². The molecule has 37 heavy (non-hydrogen) atoms. The van der Waals surface area contributed by atoms with E-state index in [0.29, 0.717) is 59.2 Å². The van der Waals surface area contributed by atoms with Gasteiger partial charge in [-0.1, -0.05) is 48.5 Å². The Labute approximate surface area is 219 Å². The molecule has 1 aliphatic rings. The summed E-state index contributed by atoms with van der Waals surface area (Å²) in [5.41, 5.74) is 4.33. The maximum Gasteiger partial charge on any atom is 0.407 e.